The van der Waals surface area contributed by atoms with Crippen molar-refractivity contribution in [2.45, 2.75) is 70.7 Å². The Labute approximate surface area is 240 Å². The lowest BCUT2D eigenvalue weighted by Gasteiger charge is -2.31. The molecule has 0 aliphatic carbocycles. The van der Waals surface area contributed by atoms with Crippen LogP contribution in [-0.4, -0.2) is 39.6 Å². The summed E-state index contributed by atoms with van der Waals surface area (Å²) in [7, 11) is -3.82. The van der Waals surface area contributed by atoms with E-state index in [1.54, 1.807) is 0 Å². The smallest absolute Gasteiger partial charge is 0.264 e. The zero-order valence-electron chi connectivity index (χ0n) is 23.6. The number of unbranched alkanes of at least 4 members (excludes halogenated alkanes) is 3. The fraction of sp³-hybridized carbons (Fsp3) is 0.394. The zero-order valence-corrected chi connectivity index (χ0v) is 24.4. The molecule has 3 rings (SSSR count). The maximum Gasteiger partial charge on any atom is 0.264 e. The fourth-order valence-corrected chi connectivity index (χ4v) is 4.83. The largest absolute Gasteiger partial charge is 0.374 e. The van der Waals surface area contributed by atoms with Crippen LogP contribution in [0.1, 0.15) is 49.3 Å². The van der Waals surface area contributed by atoms with Gasteiger partial charge in [0.15, 0.2) is 0 Å². The van der Waals surface area contributed by atoms with Crippen molar-refractivity contribution in [3.8, 4) is 0 Å². The van der Waals surface area contributed by atoms with E-state index in [0.717, 1.165) is 48.6 Å². The number of benzene rings is 3. The molecule has 0 saturated heterocycles. The van der Waals surface area contributed by atoms with Crippen LogP contribution < -0.4 is 0 Å². The van der Waals surface area contributed by atoms with Crippen LogP contribution in [0.25, 0.3) is 0 Å². The standard InChI is InChI=1S/C33H42O6S/c1-3-4-5-6-16-23-31(37-25-29-19-12-8-13-20-29)33(38-26-30-21-14-9-15-22-30)32(39-40(2,34)35)27-36-24-28-17-10-7-11-18-28/h7-23,31-33H,3-6,24-27H2,1-2H3/b23-16+/t31-,32-,33-/m1/s1. The lowest BCUT2D eigenvalue weighted by atomic mass is 10.1. The van der Waals surface area contributed by atoms with Gasteiger partial charge in [0, 0.05) is 0 Å². The molecule has 6 nitrogen and oxygen atoms in total. The Hall–Kier alpha value is -2.81. The minimum atomic E-state index is -3.82. The quantitative estimate of drug-likeness (QED) is 0.0897. The SMILES string of the molecule is CCCCC/C=C/[C@@H](OCc1ccccc1)[C@@H](OCc1ccccc1)[C@@H](COCc1ccccc1)OS(C)(=O)=O. The third kappa shape index (κ3) is 12.6. The molecule has 0 fully saturated rings. The van der Waals surface area contributed by atoms with Crippen molar-refractivity contribution in [2.24, 2.45) is 0 Å². The van der Waals surface area contributed by atoms with Crippen molar-refractivity contribution in [3.63, 3.8) is 0 Å². The molecule has 0 N–H and O–H groups in total. The summed E-state index contributed by atoms with van der Waals surface area (Å²) in [6.45, 7) is 3.11. The molecule has 3 aromatic rings. The van der Waals surface area contributed by atoms with Crippen molar-refractivity contribution >= 4 is 10.1 Å². The van der Waals surface area contributed by atoms with E-state index in [2.05, 4.69) is 13.0 Å². The van der Waals surface area contributed by atoms with Gasteiger partial charge in [-0.25, -0.2) is 0 Å². The van der Waals surface area contributed by atoms with Crippen LogP contribution in [0.5, 0.6) is 0 Å². The average molecular weight is 567 g/mol. The molecule has 7 heteroatoms. The Balaban J connectivity index is 1.87. The second-order valence-electron chi connectivity index (χ2n) is 9.79. The molecule has 0 bridgehead atoms. The minimum absolute atomic E-state index is 0.0102. The first-order valence-electron chi connectivity index (χ1n) is 13.9. The molecule has 0 unspecified atom stereocenters. The molecule has 0 radical (unpaired) electrons. The van der Waals surface area contributed by atoms with Gasteiger partial charge in [-0.2, -0.15) is 8.42 Å². The maximum absolute atomic E-state index is 12.4. The first-order valence-corrected chi connectivity index (χ1v) is 15.7. The van der Waals surface area contributed by atoms with Crippen LogP contribution in [0.15, 0.2) is 103 Å². The van der Waals surface area contributed by atoms with Crippen LogP contribution in [0.2, 0.25) is 0 Å². The molecule has 0 saturated carbocycles. The summed E-state index contributed by atoms with van der Waals surface area (Å²) in [6, 6.07) is 29.4. The molecule has 216 valence electrons. The minimum Gasteiger partial charge on any atom is -0.374 e. The summed E-state index contributed by atoms with van der Waals surface area (Å²) in [4.78, 5) is 0. The summed E-state index contributed by atoms with van der Waals surface area (Å²) >= 11 is 0. The summed E-state index contributed by atoms with van der Waals surface area (Å²) in [5.74, 6) is 0. The maximum atomic E-state index is 12.4. The van der Waals surface area contributed by atoms with Crippen LogP contribution in [-0.2, 0) is 48.3 Å². The second kappa shape index (κ2) is 17.8. The summed E-state index contributed by atoms with van der Waals surface area (Å²) < 4.78 is 49.2. The van der Waals surface area contributed by atoms with Crippen LogP contribution in [0.3, 0.4) is 0 Å². The molecule has 40 heavy (non-hydrogen) atoms. The van der Waals surface area contributed by atoms with Gasteiger partial charge in [-0.3, -0.25) is 4.18 Å². The number of hydrogen-bond acceptors (Lipinski definition) is 6. The van der Waals surface area contributed by atoms with Gasteiger partial charge in [0.2, 0.25) is 0 Å². The monoisotopic (exact) mass is 566 g/mol. The highest BCUT2D eigenvalue weighted by Gasteiger charge is 2.34. The molecule has 3 atom stereocenters. The Morgan fingerprint density at radius 2 is 1.25 bits per heavy atom. The summed E-state index contributed by atoms with van der Waals surface area (Å²) in [5, 5.41) is 0. The highest BCUT2D eigenvalue weighted by atomic mass is 32.2. The van der Waals surface area contributed by atoms with Crippen LogP contribution in [0.4, 0.5) is 0 Å². The van der Waals surface area contributed by atoms with Crippen LogP contribution >= 0.6 is 0 Å². The Morgan fingerprint density at radius 3 is 1.77 bits per heavy atom. The predicted molar refractivity (Wildman–Crippen MR) is 159 cm³/mol. The van der Waals surface area contributed by atoms with Crippen molar-refractivity contribution in [2.75, 3.05) is 12.9 Å². The molecular weight excluding hydrogens is 524 g/mol. The van der Waals surface area contributed by atoms with Gasteiger partial charge in [0.05, 0.1) is 32.7 Å². The first kappa shape index (κ1) is 31.7. The number of rotatable bonds is 19. The molecule has 0 heterocycles. The number of allylic oxidation sites excluding steroid dienone is 1. The molecular formula is C33H42O6S. The molecule has 0 spiro atoms. The van der Waals surface area contributed by atoms with E-state index in [1.165, 1.54) is 0 Å². The Bertz CT molecular complexity index is 1200. The number of ether oxygens (including phenoxy) is 3. The van der Waals surface area contributed by atoms with Gasteiger partial charge in [0.25, 0.3) is 10.1 Å². The van der Waals surface area contributed by atoms with E-state index >= 15 is 0 Å². The number of hydrogen-bond donors (Lipinski definition) is 0. The molecule has 0 amide bonds. The highest BCUT2D eigenvalue weighted by Crippen LogP contribution is 2.21. The van der Waals surface area contributed by atoms with Crippen molar-refractivity contribution in [1.29, 1.82) is 0 Å². The highest BCUT2D eigenvalue weighted by molar-refractivity contribution is 7.86. The summed E-state index contributed by atoms with van der Waals surface area (Å²) in [5.41, 5.74) is 2.95. The van der Waals surface area contributed by atoms with Gasteiger partial charge in [-0.1, -0.05) is 123 Å². The van der Waals surface area contributed by atoms with Crippen LogP contribution in [0, 0.1) is 0 Å². The third-order valence-electron chi connectivity index (χ3n) is 6.25. The molecule has 3 aromatic carbocycles. The third-order valence-corrected chi connectivity index (χ3v) is 6.85. The van der Waals surface area contributed by atoms with Gasteiger partial charge in [0.1, 0.15) is 18.3 Å². The van der Waals surface area contributed by atoms with Crippen molar-refractivity contribution in [3.05, 3.63) is 120 Å². The van der Waals surface area contributed by atoms with E-state index < -0.39 is 28.4 Å². The van der Waals surface area contributed by atoms with E-state index in [0.29, 0.717) is 13.2 Å². The average Bonchev–Trinajstić information content (AvgIpc) is 2.96. The van der Waals surface area contributed by atoms with E-state index in [9.17, 15) is 8.42 Å². The Morgan fingerprint density at radius 1 is 0.725 bits per heavy atom. The van der Waals surface area contributed by atoms with Crippen molar-refractivity contribution < 1.29 is 26.8 Å². The lowest BCUT2D eigenvalue weighted by molar-refractivity contribution is -0.124. The van der Waals surface area contributed by atoms with Gasteiger partial charge in [-0.15, -0.1) is 0 Å². The zero-order chi connectivity index (χ0) is 28.5. The normalized spacial score (nSPS) is 14.2. The molecule has 0 aromatic heterocycles. The molecule has 0 aliphatic rings. The van der Waals surface area contributed by atoms with Gasteiger partial charge in [-0.05, 0) is 29.5 Å². The van der Waals surface area contributed by atoms with E-state index in [4.69, 9.17) is 18.4 Å². The molecule has 0 aliphatic heterocycles. The Kier molecular flexibility index (Phi) is 14.1. The first-order chi connectivity index (χ1) is 19.4. The van der Waals surface area contributed by atoms with Gasteiger partial charge < -0.3 is 14.2 Å². The second-order valence-corrected chi connectivity index (χ2v) is 11.4. The fourth-order valence-electron chi connectivity index (χ4n) is 4.22. The predicted octanol–water partition coefficient (Wildman–Crippen LogP) is 6.86. The van der Waals surface area contributed by atoms with E-state index in [1.807, 2.05) is 97.1 Å². The lowest BCUT2D eigenvalue weighted by Crippen LogP contribution is -2.45. The van der Waals surface area contributed by atoms with E-state index in [-0.39, 0.29) is 13.2 Å². The van der Waals surface area contributed by atoms with Gasteiger partial charge >= 0.3 is 0 Å². The van der Waals surface area contributed by atoms with Crippen molar-refractivity contribution in [1.82, 2.24) is 0 Å². The summed E-state index contributed by atoms with van der Waals surface area (Å²) in [6.07, 6.45) is 7.10. The topological polar surface area (TPSA) is 71.1 Å².